The highest BCUT2D eigenvalue weighted by Crippen LogP contribution is 2.24. The van der Waals surface area contributed by atoms with Crippen LogP contribution in [0.15, 0.2) is 38.6 Å². The van der Waals surface area contributed by atoms with Gasteiger partial charge in [-0.2, -0.15) is 0 Å². The topological polar surface area (TPSA) is 20.7 Å². The molecule has 0 unspecified atom stereocenters. The Labute approximate surface area is 136 Å². The third-order valence-corrected chi connectivity index (χ3v) is 5.45. The number of halogens is 2. The summed E-state index contributed by atoms with van der Waals surface area (Å²) in [5.74, 6) is 0. The van der Waals surface area contributed by atoms with Crippen LogP contribution in [-0.2, 0) is 13.0 Å². The number of hydrogen-bond acceptors (Lipinski definition) is 2. The highest BCUT2D eigenvalue weighted by molar-refractivity contribution is 9.11. The molecule has 0 spiro atoms. The summed E-state index contributed by atoms with van der Waals surface area (Å²) in [6.45, 7) is 0.891. The molecule has 19 heavy (non-hydrogen) atoms. The molecule has 6 heteroatoms. The standard InChI is InChI=1S/C13H10Br2N2S2/c14-8-1-3-10-11(7-8)17(13(18)16-10)6-5-9-2-4-12(15)19-9/h1-4,7H,5-6H2,(H,16,18). The molecule has 2 aromatic heterocycles. The number of H-pyrrole nitrogens is 1. The van der Waals surface area contributed by atoms with Gasteiger partial charge in [-0.25, -0.2) is 0 Å². The van der Waals surface area contributed by atoms with Crippen LogP contribution in [0.25, 0.3) is 11.0 Å². The van der Waals surface area contributed by atoms with E-state index in [2.05, 4.69) is 59.6 Å². The number of hydrogen-bond donors (Lipinski definition) is 1. The first-order chi connectivity index (χ1) is 9.13. The van der Waals surface area contributed by atoms with Crippen LogP contribution >= 0.6 is 55.4 Å². The fourth-order valence-corrected chi connectivity index (χ4v) is 4.18. The molecule has 1 N–H and O–H groups in total. The van der Waals surface area contributed by atoms with Gasteiger partial charge in [-0.15, -0.1) is 11.3 Å². The SMILES string of the molecule is S=c1[nH]c2ccc(Br)cc2n1CCc1ccc(Br)s1. The molecule has 2 heterocycles. The van der Waals surface area contributed by atoms with E-state index in [1.54, 1.807) is 11.3 Å². The third kappa shape index (κ3) is 2.86. The molecule has 3 aromatic rings. The lowest BCUT2D eigenvalue weighted by Crippen LogP contribution is -2.00. The number of aromatic amines is 1. The van der Waals surface area contributed by atoms with Gasteiger partial charge in [-0.1, -0.05) is 15.9 Å². The van der Waals surface area contributed by atoms with E-state index in [1.807, 2.05) is 12.1 Å². The maximum atomic E-state index is 5.40. The molecule has 1 aromatic carbocycles. The average molecular weight is 418 g/mol. The summed E-state index contributed by atoms with van der Waals surface area (Å²) in [5.41, 5.74) is 2.23. The molecule has 0 aliphatic rings. The minimum absolute atomic E-state index is 0.781. The quantitative estimate of drug-likeness (QED) is 0.555. The zero-order valence-corrected chi connectivity index (χ0v) is 14.6. The molecule has 0 aliphatic carbocycles. The molecule has 0 saturated heterocycles. The molecule has 0 atom stereocenters. The molecule has 0 aliphatic heterocycles. The Morgan fingerprint density at radius 3 is 2.79 bits per heavy atom. The van der Waals surface area contributed by atoms with Gasteiger partial charge < -0.3 is 9.55 Å². The lowest BCUT2D eigenvalue weighted by Gasteiger charge is -2.03. The average Bonchev–Trinajstić information content (AvgIpc) is 2.90. The first-order valence-corrected chi connectivity index (χ1v) is 8.57. The van der Waals surface area contributed by atoms with Crippen LogP contribution in [0.2, 0.25) is 0 Å². The molecule has 2 nitrogen and oxygen atoms in total. The third-order valence-electron chi connectivity index (χ3n) is 2.95. The number of rotatable bonds is 3. The summed E-state index contributed by atoms with van der Waals surface area (Å²) in [6.07, 6.45) is 0.990. The molecule has 98 valence electrons. The van der Waals surface area contributed by atoms with Crippen molar-refractivity contribution in [2.24, 2.45) is 0 Å². The van der Waals surface area contributed by atoms with Crippen molar-refractivity contribution >= 4 is 66.4 Å². The van der Waals surface area contributed by atoms with Crippen molar-refractivity contribution in [1.29, 1.82) is 0 Å². The second kappa shape index (κ2) is 5.52. The van der Waals surface area contributed by atoms with Crippen LogP contribution < -0.4 is 0 Å². The van der Waals surface area contributed by atoms with E-state index in [9.17, 15) is 0 Å². The van der Waals surface area contributed by atoms with Crippen LogP contribution in [0.1, 0.15) is 4.88 Å². The van der Waals surface area contributed by atoms with Crippen LogP contribution in [0.5, 0.6) is 0 Å². The van der Waals surface area contributed by atoms with Crippen molar-refractivity contribution in [2.75, 3.05) is 0 Å². The summed E-state index contributed by atoms with van der Waals surface area (Å²) >= 11 is 14.2. The van der Waals surface area contributed by atoms with Gasteiger partial charge in [-0.3, -0.25) is 0 Å². The Hall–Kier alpha value is -0.430. The predicted octanol–water partition coefficient (Wildman–Crippen LogP) is 5.53. The molecule has 0 amide bonds. The Balaban J connectivity index is 1.94. The van der Waals surface area contributed by atoms with E-state index in [0.29, 0.717) is 0 Å². The molecule has 0 bridgehead atoms. The molecule has 0 saturated carbocycles. The fraction of sp³-hybridized carbons (Fsp3) is 0.154. The highest BCUT2D eigenvalue weighted by Gasteiger charge is 2.06. The minimum Gasteiger partial charge on any atom is -0.331 e. The Bertz CT molecular complexity index is 785. The first-order valence-electron chi connectivity index (χ1n) is 5.76. The predicted molar refractivity (Wildman–Crippen MR) is 90.5 cm³/mol. The van der Waals surface area contributed by atoms with E-state index < -0.39 is 0 Å². The van der Waals surface area contributed by atoms with Crippen molar-refractivity contribution in [3.8, 4) is 0 Å². The van der Waals surface area contributed by atoms with Gasteiger partial charge in [-0.05, 0) is 64.9 Å². The van der Waals surface area contributed by atoms with Crippen LogP contribution in [0.3, 0.4) is 0 Å². The van der Waals surface area contributed by atoms with Gasteiger partial charge in [0.1, 0.15) is 0 Å². The van der Waals surface area contributed by atoms with Crippen molar-refractivity contribution in [1.82, 2.24) is 9.55 Å². The van der Waals surface area contributed by atoms with E-state index in [1.165, 1.54) is 8.66 Å². The first kappa shape index (κ1) is 13.5. The fourth-order valence-electron chi connectivity index (χ4n) is 2.06. The summed E-state index contributed by atoms with van der Waals surface area (Å²) < 4.78 is 5.18. The molecule has 0 fully saturated rings. The lowest BCUT2D eigenvalue weighted by atomic mass is 10.3. The monoisotopic (exact) mass is 416 g/mol. The van der Waals surface area contributed by atoms with E-state index >= 15 is 0 Å². The number of nitrogens with zero attached hydrogens (tertiary/aromatic N) is 1. The van der Waals surface area contributed by atoms with Gasteiger partial charge in [0.25, 0.3) is 0 Å². The Morgan fingerprint density at radius 1 is 1.21 bits per heavy atom. The maximum absolute atomic E-state index is 5.40. The van der Waals surface area contributed by atoms with Gasteiger partial charge in [0.15, 0.2) is 4.77 Å². The van der Waals surface area contributed by atoms with Crippen LogP contribution in [0.4, 0.5) is 0 Å². The maximum Gasteiger partial charge on any atom is 0.178 e. The molecular formula is C13H10Br2N2S2. The summed E-state index contributed by atoms with van der Waals surface area (Å²) in [6, 6.07) is 10.4. The number of fused-ring (bicyclic) bond motifs is 1. The zero-order valence-electron chi connectivity index (χ0n) is 9.82. The number of imidazole rings is 1. The largest absolute Gasteiger partial charge is 0.331 e. The van der Waals surface area contributed by atoms with Gasteiger partial charge in [0.05, 0.1) is 14.8 Å². The van der Waals surface area contributed by atoms with E-state index in [0.717, 1.165) is 33.2 Å². The summed E-state index contributed by atoms with van der Waals surface area (Å²) in [4.78, 5) is 4.61. The summed E-state index contributed by atoms with van der Waals surface area (Å²) in [7, 11) is 0. The summed E-state index contributed by atoms with van der Waals surface area (Å²) in [5, 5.41) is 0. The van der Waals surface area contributed by atoms with Gasteiger partial charge >= 0.3 is 0 Å². The second-order valence-electron chi connectivity index (χ2n) is 4.20. The number of nitrogens with one attached hydrogen (secondary N) is 1. The van der Waals surface area contributed by atoms with Gasteiger partial charge in [0, 0.05) is 15.9 Å². The van der Waals surface area contributed by atoms with Crippen molar-refractivity contribution in [2.45, 2.75) is 13.0 Å². The van der Waals surface area contributed by atoms with Crippen molar-refractivity contribution < 1.29 is 0 Å². The second-order valence-corrected chi connectivity index (χ2v) is 8.05. The number of aromatic nitrogens is 2. The van der Waals surface area contributed by atoms with Crippen molar-refractivity contribution in [3.05, 3.63) is 48.2 Å². The Morgan fingerprint density at radius 2 is 2.05 bits per heavy atom. The highest BCUT2D eigenvalue weighted by atomic mass is 79.9. The van der Waals surface area contributed by atoms with E-state index in [4.69, 9.17) is 12.2 Å². The van der Waals surface area contributed by atoms with Gasteiger partial charge in [0.2, 0.25) is 0 Å². The zero-order chi connectivity index (χ0) is 13.4. The lowest BCUT2D eigenvalue weighted by molar-refractivity contribution is 0.712. The van der Waals surface area contributed by atoms with Crippen LogP contribution in [0, 0.1) is 4.77 Å². The molecule has 3 rings (SSSR count). The smallest absolute Gasteiger partial charge is 0.178 e. The Kier molecular flexibility index (Phi) is 3.93. The minimum atomic E-state index is 0.781. The molecular weight excluding hydrogens is 408 g/mol. The van der Waals surface area contributed by atoms with Crippen LogP contribution in [-0.4, -0.2) is 9.55 Å². The number of benzene rings is 1. The normalized spacial score (nSPS) is 11.3. The molecule has 0 radical (unpaired) electrons. The number of aryl methyl sites for hydroxylation is 2. The number of thiophene rings is 1. The van der Waals surface area contributed by atoms with Crippen molar-refractivity contribution in [3.63, 3.8) is 0 Å². The van der Waals surface area contributed by atoms with E-state index in [-0.39, 0.29) is 0 Å².